The number of rotatable bonds is 11. The van der Waals surface area contributed by atoms with E-state index in [1.165, 1.54) is 81.8 Å². The van der Waals surface area contributed by atoms with E-state index in [1.54, 1.807) is 0 Å². The monoisotopic (exact) mass is 392 g/mol. The third kappa shape index (κ3) is 12.8. The van der Waals surface area contributed by atoms with Gasteiger partial charge in [0.25, 0.3) is 0 Å². The lowest BCUT2D eigenvalue weighted by Gasteiger charge is -2.18. The second kappa shape index (κ2) is 18.8. The van der Waals surface area contributed by atoms with Gasteiger partial charge in [-0.15, -0.1) is 0 Å². The van der Waals surface area contributed by atoms with Crippen LogP contribution in [0.3, 0.4) is 0 Å². The molecule has 0 radical (unpaired) electrons. The summed E-state index contributed by atoms with van der Waals surface area (Å²) in [5.41, 5.74) is 2.51. The first-order chi connectivity index (χ1) is 13.7. The zero-order chi connectivity index (χ0) is 21.0. The van der Waals surface area contributed by atoms with Crippen molar-refractivity contribution in [2.24, 2.45) is 0 Å². The Hall–Kier alpha value is -1.51. The van der Waals surface area contributed by atoms with Gasteiger partial charge in [-0.2, -0.15) is 0 Å². The van der Waals surface area contributed by atoms with Crippen LogP contribution >= 0.6 is 0 Å². The minimum atomic E-state index is -0.927. The van der Waals surface area contributed by atoms with Crippen LogP contribution in [0.2, 0.25) is 0 Å². The van der Waals surface area contributed by atoms with E-state index in [4.69, 9.17) is 9.84 Å². The fourth-order valence-electron chi connectivity index (χ4n) is 3.40. The van der Waals surface area contributed by atoms with Crippen LogP contribution in [-0.4, -0.2) is 17.7 Å². The smallest absolute Gasteiger partial charge is 0.341 e. The highest BCUT2D eigenvalue weighted by Crippen LogP contribution is 2.29. The van der Waals surface area contributed by atoms with Crippen molar-refractivity contribution in [3.05, 3.63) is 29.3 Å². The van der Waals surface area contributed by atoms with E-state index in [-0.39, 0.29) is 6.61 Å². The Morgan fingerprint density at radius 2 is 1.43 bits per heavy atom. The summed E-state index contributed by atoms with van der Waals surface area (Å²) in [4.78, 5) is 10.4. The van der Waals surface area contributed by atoms with Crippen molar-refractivity contribution in [2.75, 3.05) is 6.61 Å². The summed E-state index contributed by atoms with van der Waals surface area (Å²) in [5.74, 6) is -0.182. The summed E-state index contributed by atoms with van der Waals surface area (Å²) >= 11 is 0. The largest absolute Gasteiger partial charge is 0.482 e. The Bertz CT molecular complexity index is 489. The van der Waals surface area contributed by atoms with Crippen molar-refractivity contribution in [1.29, 1.82) is 0 Å². The van der Waals surface area contributed by atoms with E-state index >= 15 is 0 Å². The number of ether oxygens (including phenoxy) is 1. The summed E-state index contributed by atoms with van der Waals surface area (Å²) in [7, 11) is 0. The normalized spacial score (nSPS) is 12.0. The number of benzene rings is 1. The molecule has 0 aromatic heterocycles. The lowest BCUT2D eigenvalue weighted by atomic mass is 9.91. The molecule has 3 heteroatoms. The number of fused-ring (bicyclic) bond motifs is 1. The Labute approximate surface area is 173 Å². The number of aryl methyl sites for hydroxylation is 1. The second-order valence-corrected chi connectivity index (χ2v) is 7.26. The summed E-state index contributed by atoms with van der Waals surface area (Å²) < 4.78 is 5.27. The summed E-state index contributed by atoms with van der Waals surface area (Å²) in [6.45, 7) is 8.30. The first-order valence-corrected chi connectivity index (χ1v) is 11.6. The molecular weight excluding hydrogens is 348 g/mol. The molecular formula is C25H44O3. The molecule has 0 unspecified atom stereocenters. The van der Waals surface area contributed by atoms with Crippen molar-refractivity contribution >= 4 is 5.97 Å². The summed E-state index contributed by atoms with van der Waals surface area (Å²) in [5, 5.41) is 8.55. The third-order valence-electron chi connectivity index (χ3n) is 4.91. The van der Waals surface area contributed by atoms with Gasteiger partial charge >= 0.3 is 5.97 Å². The topological polar surface area (TPSA) is 46.5 Å². The van der Waals surface area contributed by atoms with Crippen LogP contribution in [0, 0.1) is 0 Å². The van der Waals surface area contributed by atoms with E-state index in [1.807, 2.05) is 26.0 Å². The Morgan fingerprint density at radius 1 is 0.893 bits per heavy atom. The first kappa shape index (κ1) is 26.5. The van der Waals surface area contributed by atoms with Crippen molar-refractivity contribution in [3.8, 4) is 5.75 Å². The van der Waals surface area contributed by atoms with Gasteiger partial charge < -0.3 is 9.84 Å². The molecule has 0 amide bonds. The molecule has 0 bridgehead atoms. The molecule has 0 saturated heterocycles. The maximum Gasteiger partial charge on any atom is 0.341 e. The lowest BCUT2D eigenvalue weighted by molar-refractivity contribution is -0.139. The number of carbonyl (C=O) groups is 1. The highest BCUT2D eigenvalue weighted by Gasteiger charge is 2.14. The van der Waals surface area contributed by atoms with Crippen molar-refractivity contribution in [2.45, 2.75) is 111 Å². The third-order valence-corrected chi connectivity index (χ3v) is 4.91. The molecule has 0 heterocycles. The molecule has 1 aliphatic rings. The minimum Gasteiger partial charge on any atom is -0.482 e. The predicted molar refractivity (Wildman–Crippen MR) is 120 cm³/mol. The number of hydrogen-bond acceptors (Lipinski definition) is 2. The molecule has 2 rings (SSSR count). The molecule has 28 heavy (non-hydrogen) atoms. The molecule has 162 valence electrons. The maximum absolute atomic E-state index is 10.4. The van der Waals surface area contributed by atoms with Crippen molar-refractivity contribution in [3.63, 3.8) is 0 Å². The zero-order valence-electron chi connectivity index (χ0n) is 18.9. The molecule has 1 N–H and O–H groups in total. The van der Waals surface area contributed by atoms with Crippen LogP contribution in [0.25, 0.3) is 0 Å². The summed E-state index contributed by atoms with van der Waals surface area (Å²) in [6, 6.07) is 5.89. The molecule has 1 aromatic carbocycles. The van der Waals surface area contributed by atoms with Gasteiger partial charge in [-0.05, 0) is 42.9 Å². The summed E-state index contributed by atoms with van der Waals surface area (Å²) in [6.07, 6.45) is 17.4. The average molecular weight is 393 g/mol. The Balaban J connectivity index is 0.000000502. The fraction of sp³-hybridized carbons (Fsp3) is 0.720. The molecule has 0 aliphatic heterocycles. The van der Waals surface area contributed by atoms with Gasteiger partial charge in [-0.3, -0.25) is 0 Å². The van der Waals surface area contributed by atoms with Gasteiger partial charge in [-0.1, -0.05) is 97.6 Å². The average Bonchev–Trinajstić information content (AvgIpc) is 2.73. The predicted octanol–water partition coefficient (Wildman–Crippen LogP) is 7.59. The second-order valence-electron chi connectivity index (χ2n) is 7.26. The van der Waals surface area contributed by atoms with E-state index in [9.17, 15) is 4.79 Å². The molecule has 0 saturated carbocycles. The van der Waals surface area contributed by atoms with Crippen molar-refractivity contribution in [1.82, 2.24) is 0 Å². The fourth-order valence-corrected chi connectivity index (χ4v) is 3.40. The quantitative estimate of drug-likeness (QED) is 0.394. The van der Waals surface area contributed by atoms with Gasteiger partial charge in [0.15, 0.2) is 6.61 Å². The highest BCUT2D eigenvalue weighted by atomic mass is 16.5. The first-order valence-electron chi connectivity index (χ1n) is 11.6. The number of carboxylic acid groups (broad SMARTS) is 1. The molecule has 1 aliphatic carbocycles. The Morgan fingerprint density at radius 3 is 1.96 bits per heavy atom. The highest BCUT2D eigenvalue weighted by molar-refractivity contribution is 5.68. The van der Waals surface area contributed by atoms with Gasteiger partial charge in [0.1, 0.15) is 5.75 Å². The lowest BCUT2D eigenvalue weighted by Crippen LogP contribution is -2.12. The molecule has 3 nitrogen and oxygen atoms in total. The molecule has 0 fully saturated rings. The van der Waals surface area contributed by atoms with Crippen LogP contribution in [0.4, 0.5) is 0 Å². The molecule has 1 aromatic rings. The number of unbranched alkanes of at least 4 members (excludes halogenated alkanes) is 8. The van der Waals surface area contributed by atoms with E-state index in [0.717, 1.165) is 18.6 Å². The molecule has 0 atom stereocenters. The van der Waals surface area contributed by atoms with Crippen molar-refractivity contribution < 1.29 is 14.6 Å². The standard InChI is InChI=1S/C12H14O3.C11H24.C2H6/c13-12(14)8-15-11-7-3-5-9-4-1-2-6-10(9)11;1-3-5-7-9-11-10-8-6-4-2;1-2/h3,5,7H,1-2,4,6,8H2,(H,13,14);3-11H2,1-2H3;1-2H3. The van der Waals surface area contributed by atoms with E-state index < -0.39 is 5.97 Å². The van der Waals surface area contributed by atoms with Crippen LogP contribution in [0.1, 0.15) is 109 Å². The minimum absolute atomic E-state index is 0.254. The van der Waals surface area contributed by atoms with Gasteiger partial charge in [-0.25, -0.2) is 4.79 Å². The van der Waals surface area contributed by atoms with E-state index in [0.29, 0.717) is 0 Å². The maximum atomic E-state index is 10.4. The van der Waals surface area contributed by atoms with Crippen LogP contribution in [0.5, 0.6) is 5.75 Å². The molecule has 0 spiro atoms. The number of aliphatic carboxylic acids is 1. The zero-order valence-corrected chi connectivity index (χ0v) is 18.9. The van der Waals surface area contributed by atoms with Crippen LogP contribution in [-0.2, 0) is 17.6 Å². The number of hydrogen-bond donors (Lipinski definition) is 1. The SMILES string of the molecule is CC.CCCCCCCCCCC.O=C(O)COc1cccc2c1CCCC2. The van der Waals surface area contributed by atoms with Gasteiger partial charge in [0, 0.05) is 0 Å². The van der Waals surface area contributed by atoms with E-state index in [2.05, 4.69) is 19.9 Å². The van der Waals surface area contributed by atoms with Crippen LogP contribution < -0.4 is 4.74 Å². The van der Waals surface area contributed by atoms with Gasteiger partial charge in [0.2, 0.25) is 0 Å². The van der Waals surface area contributed by atoms with Crippen LogP contribution in [0.15, 0.2) is 18.2 Å². The number of carboxylic acids is 1. The van der Waals surface area contributed by atoms with Gasteiger partial charge in [0.05, 0.1) is 0 Å². The Kier molecular flexibility index (Phi) is 17.8.